The summed E-state index contributed by atoms with van der Waals surface area (Å²) in [6.45, 7) is 4.17. The highest BCUT2D eigenvalue weighted by Gasteiger charge is 2.53. The van der Waals surface area contributed by atoms with E-state index < -0.39 is 5.41 Å². The van der Waals surface area contributed by atoms with Gasteiger partial charge in [0, 0.05) is 6.04 Å². The van der Waals surface area contributed by atoms with Crippen molar-refractivity contribution < 1.29 is 10.0 Å². The molecular weight excluding hydrogens is 206 g/mol. The smallest absolute Gasteiger partial charge is 0.234 e. The third kappa shape index (κ3) is 1.64. The third-order valence-corrected chi connectivity index (χ3v) is 3.85. The molecule has 0 spiro atoms. The van der Waals surface area contributed by atoms with Crippen LogP contribution in [0, 0.1) is 17.3 Å². The first-order valence-corrected chi connectivity index (χ1v) is 5.78. The second-order valence-corrected chi connectivity index (χ2v) is 5.37. The monoisotopic (exact) mass is 225 g/mol. The summed E-state index contributed by atoms with van der Waals surface area (Å²) in [6.07, 6.45) is 2.39. The van der Waals surface area contributed by atoms with Gasteiger partial charge in [-0.25, -0.2) is 0 Å². The molecule has 2 atom stereocenters. The molecule has 0 saturated heterocycles. The Morgan fingerprint density at radius 1 is 1.50 bits per heavy atom. The lowest BCUT2D eigenvalue weighted by molar-refractivity contribution is -0.133. The second-order valence-electron chi connectivity index (χ2n) is 5.37. The number of carbonyl (C=O) groups is 1. The first kappa shape index (κ1) is 11.2. The van der Waals surface area contributed by atoms with E-state index in [1.54, 1.807) is 0 Å². The third-order valence-electron chi connectivity index (χ3n) is 3.85. The molecule has 0 aromatic carbocycles. The summed E-state index contributed by atoms with van der Waals surface area (Å²) in [5.41, 5.74) is 4.89. The van der Waals surface area contributed by atoms with Crippen LogP contribution in [0.5, 0.6) is 0 Å². The van der Waals surface area contributed by atoms with Crippen molar-refractivity contribution in [1.29, 1.82) is 0 Å². The molecule has 2 unspecified atom stereocenters. The highest BCUT2D eigenvalue weighted by molar-refractivity contribution is 6.07. The summed E-state index contributed by atoms with van der Waals surface area (Å²) < 4.78 is 0. The Morgan fingerprint density at radius 3 is 2.44 bits per heavy atom. The Morgan fingerprint density at radius 2 is 2.06 bits per heavy atom. The van der Waals surface area contributed by atoms with Gasteiger partial charge in [-0.15, -0.1) is 0 Å². The lowest BCUT2D eigenvalue weighted by Crippen LogP contribution is -2.57. The molecule has 0 aromatic rings. The van der Waals surface area contributed by atoms with E-state index >= 15 is 0 Å². The molecule has 5 nitrogen and oxygen atoms in total. The molecule has 90 valence electrons. The Hall–Kier alpha value is -1.26. The summed E-state index contributed by atoms with van der Waals surface area (Å²) in [5.74, 6) is 1.00. The minimum Gasteiger partial charge on any atom is -0.409 e. The number of hydrogen-bond donors (Lipinski definition) is 3. The zero-order valence-corrected chi connectivity index (χ0v) is 9.73. The van der Waals surface area contributed by atoms with Crippen LogP contribution in [0.3, 0.4) is 0 Å². The highest BCUT2D eigenvalue weighted by Crippen LogP contribution is 2.46. The number of carbonyl (C=O) groups excluding carboxylic acids is 1. The van der Waals surface area contributed by atoms with Gasteiger partial charge in [-0.2, -0.15) is 0 Å². The molecule has 0 bridgehead atoms. The molecule has 16 heavy (non-hydrogen) atoms. The lowest BCUT2D eigenvalue weighted by Gasteiger charge is -2.43. The summed E-state index contributed by atoms with van der Waals surface area (Å²) in [4.78, 5) is 12.1. The molecule has 2 saturated carbocycles. The van der Waals surface area contributed by atoms with E-state index in [0.29, 0.717) is 24.7 Å². The fourth-order valence-corrected chi connectivity index (χ4v) is 2.57. The number of oxime groups is 1. The van der Waals surface area contributed by atoms with E-state index in [0.717, 1.165) is 6.42 Å². The van der Waals surface area contributed by atoms with Crippen LogP contribution in [0.1, 0.15) is 33.1 Å². The van der Waals surface area contributed by atoms with Gasteiger partial charge in [0.1, 0.15) is 5.41 Å². The van der Waals surface area contributed by atoms with Crippen molar-refractivity contribution in [2.45, 2.75) is 39.2 Å². The van der Waals surface area contributed by atoms with Gasteiger partial charge in [-0.1, -0.05) is 19.0 Å². The van der Waals surface area contributed by atoms with Crippen LogP contribution in [-0.4, -0.2) is 23.0 Å². The molecule has 5 heteroatoms. The molecule has 2 aliphatic carbocycles. The molecule has 0 aromatic heterocycles. The zero-order valence-electron chi connectivity index (χ0n) is 9.73. The molecule has 2 rings (SSSR count). The number of amidine groups is 1. The van der Waals surface area contributed by atoms with Crippen molar-refractivity contribution in [3.8, 4) is 0 Å². The van der Waals surface area contributed by atoms with Crippen LogP contribution in [-0.2, 0) is 4.79 Å². The molecule has 0 aliphatic heterocycles. The minimum absolute atomic E-state index is 0.0522. The number of amides is 1. The fraction of sp³-hybridized carbons (Fsp3) is 0.818. The molecule has 2 aliphatic rings. The second kappa shape index (κ2) is 3.64. The van der Waals surface area contributed by atoms with Crippen molar-refractivity contribution in [2.75, 3.05) is 0 Å². The molecular formula is C11H19N3O2. The number of nitrogens with two attached hydrogens (primary N) is 1. The number of nitrogens with zero attached hydrogens (tertiary/aromatic N) is 1. The molecule has 0 heterocycles. The topological polar surface area (TPSA) is 87.7 Å². The van der Waals surface area contributed by atoms with Gasteiger partial charge >= 0.3 is 0 Å². The van der Waals surface area contributed by atoms with Crippen molar-refractivity contribution in [3.63, 3.8) is 0 Å². The summed E-state index contributed by atoms with van der Waals surface area (Å²) >= 11 is 0. The zero-order chi connectivity index (χ0) is 11.9. The Labute approximate surface area is 95.1 Å². The van der Waals surface area contributed by atoms with Crippen LogP contribution in [0.25, 0.3) is 0 Å². The summed E-state index contributed by atoms with van der Waals surface area (Å²) in [6, 6.07) is 0.284. The Bertz CT molecular complexity index is 334. The van der Waals surface area contributed by atoms with Crippen LogP contribution in [0.4, 0.5) is 0 Å². The van der Waals surface area contributed by atoms with Gasteiger partial charge < -0.3 is 16.3 Å². The summed E-state index contributed by atoms with van der Waals surface area (Å²) in [5, 5.41) is 14.7. The maximum absolute atomic E-state index is 12.1. The van der Waals surface area contributed by atoms with Crippen LogP contribution in [0.15, 0.2) is 5.16 Å². The van der Waals surface area contributed by atoms with Crippen LogP contribution >= 0.6 is 0 Å². The van der Waals surface area contributed by atoms with Crippen molar-refractivity contribution in [2.24, 2.45) is 28.1 Å². The molecule has 0 radical (unpaired) electrons. The van der Waals surface area contributed by atoms with Gasteiger partial charge in [0.05, 0.1) is 0 Å². The number of hydrogen-bond acceptors (Lipinski definition) is 3. The van der Waals surface area contributed by atoms with Gasteiger partial charge in [0.25, 0.3) is 0 Å². The van der Waals surface area contributed by atoms with Gasteiger partial charge in [-0.05, 0) is 31.1 Å². The van der Waals surface area contributed by atoms with Gasteiger partial charge in [0.15, 0.2) is 5.84 Å². The average Bonchev–Trinajstić information content (AvgIpc) is 2.87. The predicted molar refractivity (Wildman–Crippen MR) is 60.0 cm³/mol. The SMILES string of the molecule is CC1CC(C(=O)NC2CC2C)(C(N)=NO)C1. The van der Waals surface area contributed by atoms with E-state index in [1.807, 2.05) is 0 Å². The van der Waals surface area contributed by atoms with E-state index in [-0.39, 0.29) is 17.8 Å². The first-order chi connectivity index (χ1) is 7.49. The predicted octanol–water partition coefficient (Wildman–Crippen LogP) is 0.674. The van der Waals surface area contributed by atoms with Crippen molar-refractivity contribution in [3.05, 3.63) is 0 Å². The quantitative estimate of drug-likeness (QED) is 0.285. The van der Waals surface area contributed by atoms with Crippen LogP contribution < -0.4 is 11.1 Å². The van der Waals surface area contributed by atoms with E-state index in [4.69, 9.17) is 10.9 Å². The maximum Gasteiger partial charge on any atom is 0.234 e. The molecule has 1 amide bonds. The molecule has 2 fully saturated rings. The Balaban J connectivity index is 2.05. The average molecular weight is 225 g/mol. The van der Waals surface area contributed by atoms with E-state index in [9.17, 15) is 4.79 Å². The maximum atomic E-state index is 12.1. The largest absolute Gasteiger partial charge is 0.409 e. The number of nitrogens with one attached hydrogen (secondary N) is 1. The van der Waals surface area contributed by atoms with Gasteiger partial charge in [-0.3, -0.25) is 4.79 Å². The number of rotatable bonds is 3. The fourth-order valence-electron chi connectivity index (χ4n) is 2.57. The molecule has 4 N–H and O–H groups in total. The van der Waals surface area contributed by atoms with Crippen molar-refractivity contribution in [1.82, 2.24) is 5.32 Å². The van der Waals surface area contributed by atoms with E-state index in [2.05, 4.69) is 24.3 Å². The van der Waals surface area contributed by atoms with Gasteiger partial charge in [0.2, 0.25) is 5.91 Å². The van der Waals surface area contributed by atoms with Crippen LogP contribution in [0.2, 0.25) is 0 Å². The standard InChI is InChI=1S/C11H19N3O2/c1-6-4-11(5-6,9(12)14-16)10(15)13-8-3-7(8)2/h6-8,16H,3-5H2,1-2H3,(H2,12,14)(H,13,15). The first-order valence-electron chi connectivity index (χ1n) is 5.78. The minimum atomic E-state index is -0.753. The lowest BCUT2D eigenvalue weighted by atomic mass is 9.61. The summed E-state index contributed by atoms with van der Waals surface area (Å²) in [7, 11) is 0. The van der Waals surface area contributed by atoms with E-state index in [1.165, 1.54) is 0 Å². The highest BCUT2D eigenvalue weighted by atomic mass is 16.4. The normalized spacial score (nSPS) is 42.4. The van der Waals surface area contributed by atoms with Crippen molar-refractivity contribution >= 4 is 11.7 Å². The Kier molecular flexibility index (Phi) is 2.56.